The van der Waals surface area contributed by atoms with Crippen LogP contribution < -0.4 is 10.0 Å². The van der Waals surface area contributed by atoms with Crippen LogP contribution in [0.4, 0.5) is 10.1 Å². The summed E-state index contributed by atoms with van der Waals surface area (Å²) < 4.78 is 40.9. The van der Waals surface area contributed by atoms with Crippen molar-refractivity contribution in [3.8, 4) is 0 Å². The zero-order valence-electron chi connectivity index (χ0n) is 15.1. The first-order valence-electron chi connectivity index (χ1n) is 9.10. The standard InChI is InChI=1S/C20H20FN3O3S/c1-2-12-9-13(3-7-18(12)21)23-20(25)17-11-22-10-16-15(17)6-8-19(16)24-28(26,27)14-4-5-14/h2-3,7,9-11,14,19,24H,1,4-6,8H2,(H,23,25). The number of hydrogen-bond donors (Lipinski definition) is 2. The summed E-state index contributed by atoms with van der Waals surface area (Å²) in [7, 11) is -3.33. The number of pyridine rings is 1. The van der Waals surface area contributed by atoms with E-state index in [1.165, 1.54) is 30.5 Å². The predicted molar refractivity (Wildman–Crippen MR) is 105 cm³/mol. The first-order valence-corrected chi connectivity index (χ1v) is 10.6. The summed E-state index contributed by atoms with van der Waals surface area (Å²) >= 11 is 0. The van der Waals surface area contributed by atoms with E-state index in [4.69, 9.17) is 0 Å². The van der Waals surface area contributed by atoms with E-state index in [0.717, 1.165) is 11.1 Å². The number of halogens is 1. The predicted octanol–water partition coefficient (Wildman–Crippen LogP) is 3.19. The van der Waals surface area contributed by atoms with Gasteiger partial charge in [0.25, 0.3) is 5.91 Å². The minimum Gasteiger partial charge on any atom is -0.322 e. The molecule has 1 unspecified atom stereocenters. The van der Waals surface area contributed by atoms with E-state index in [-0.39, 0.29) is 17.2 Å². The van der Waals surface area contributed by atoms with Gasteiger partial charge in [0.15, 0.2) is 0 Å². The molecule has 8 heteroatoms. The Morgan fingerprint density at radius 3 is 2.75 bits per heavy atom. The number of nitrogens with zero attached hydrogens (tertiary/aromatic N) is 1. The zero-order valence-corrected chi connectivity index (χ0v) is 15.9. The molecule has 1 aromatic carbocycles. The first-order chi connectivity index (χ1) is 13.4. The van der Waals surface area contributed by atoms with E-state index in [1.807, 2.05) is 0 Å². The zero-order chi connectivity index (χ0) is 19.9. The number of amides is 1. The van der Waals surface area contributed by atoms with Gasteiger partial charge in [-0.1, -0.05) is 12.7 Å². The van der Waals surface area contributed by atoms with Crippen molar-refractivity contribution >= 4 is 27.7 Å². The van der Waals surface area contributed by atoms with Crippen LogP contribution in [0.25, 0.3) is 6.08 Å². The molecule has 0 radical (unpaired) electrons. The fourth-order valence-electron chi connectivity index (χ4n) is 3.49. The Balaban J connectivity index is 1.56. The second-order valence-corrected chi connectivity index (χ2v) is 9.10. The SMILES string of the molecule is C=Cc1cc(NC(=O)c2cncc3c2CCC3NS(=O)(=O)C2CC2)ccc1F. The highest BCUT2D eigenvalue weighted by Crippen LogP contribution is 2.36. The van der Waals surface area contributed by atoms with Gasteiger partial charge in [-0.05, 0) is 55.0 Å². The average Bonchev–Trinajstić information content (AvgIpc) is 3.46. The molecule has 6 nitrogen and oxygen atoms in total. The van der Waals surface area contributed by atoms with Crippen molar-refractivity contribution in [1.82, 2.24) is 9.71 Å². The van der Waals surface area contributed by atoms with Crippen LogP contribution in [0.3, 0.4) is 0 Å². The molecule has 4 rings (SSSR count). The molecule has 1 amide bonds. The molecule has 0 saturated heterocycles. The van der Waals surface area contributed by atoms with E-state index in [1.54, 1.807) is 6.20 Å². The normalized spacial score (nSPS) is 18.5. The molecule has 0 aliphatic heterocycles. The van der Waals surface area contributed by atoms with Gasteiger partial charge in [0.05, 0.1) is 10.8 Å². The first kappa shape index (κ1) is 18.8. The smallest absolute Gasteiger partial charge is 0.257 e. The number of aromatic nitrogens is 1. The summed E-state index contributed by atoms with van der Waals surface area (Å²) in [4.78, 5) is 16.9. The summed E-state index contributed by atoms with van der Waals surface area (Å²) in [6.07, 6.45) is 7.03. The summed E-state index contributed by atoms with van der Waals surface area (Å²) in [5.41, 5.74) is 2.67. The van der Waals surface area contributed by atoms with Crippen LogP contribution in [0.5, 0.6) is 0 Å². The molecule has 1 heterocycles. The minimum atomic E-state index is -3.33. The molecule has 1 atom stereocenters. The highest BCUT2D eigenvalue weighted by Gasteiger charge is 2.39. The Labute approximate surface area is 162 Å². The van der Waals surface area contributed by atoms with Crippen LogP contribution in [0.15, 0.2) is 37.2 Å². The van der Waals surface area contributed by atoms with Crippen molar-refractivity contribution in [3.63, 3.8) is 0 Å². The van der Waals surface area contributed by atoms with Crippen LogP contribution in [0, 0.1) is 5.82 Å². The second kappa shape index (κ2) is 7.10. The van der Waals surface area contributed by atoms with Gasteiger partial charge in [0, 0.05) is 29.7 Å². The average molecular weight is 401 g/mol. The van der Waals surface area contributed by atoms with Gasteiger partial charge >= 0.3 is 0 Å². The van der Waals surface area contributed by atoms with Crippen molar-refractivity contribution in [1.29, 1.82) is 0 Å². The molecule has 28 heavy (non-hydrogen) atoms. The largest absolute Gasteiger partial charge is 0.322 e. The van der Waals surface area contributed by atoms with Gasteiger partial charge < -0.3 is 5.32 Å². The van der Waals surface area contributed by atoms with Crippen LogP contribution in [-0.2, 0) is 16.4 Å². The van der Waals surface area contributed by atoms with Crippen molar-refractivity contribution < 1.29 is 17.6 Å². The van der Waals surface area contributed by atoms with E-state index < -0.39 is 15.8 Å². The van der Waals surface area contributed by atoms with E-state index in [2.05, 4.69) is 21.6 Å². The lowest BCUT2D eigenvalue weighted by atomic mass is 10.1. The Bertz CT molecular complexity index is 1060. The number of hydrogen-bond acceptors (Lipinski definition) is 4. The summed E-state index contributed by atoms with van der Waals surface area (Å²) in [6, 6.07) is 3.88. The molecular weight excluding hydrogens is 381 g/mol. The molecule has 2 N–H and O–H groups in total. The summed E-state index contributed by atoms with van der Waals surface area (Å²) in [5, 5.41) is 2.45. The lowest BCUT2D eigenvalue weighted by Gasteiger charge is -2.14. The fraction of sp³-hybridized carbons (Fsp3) is 0.300. The Morgan fingerprint density at radius 2 is 2.04 bits per heavy atom. The van der Waals surface area contributed by atoms with E-state index in [0.29, 0.717) is 42.5 Å². The van der Waals surface area contributed by atoms with Gasteiger partial charge in [0.2, 0.25) is 10.0 Å². The fourth-order valence-corrected chi connectivity index (χ4v) is 5.08. The number of nitrogens with one attached hydrogen (secondary N) is 2. The maximum Gasteiger partial charge on any atom is 0.257 e. The van der Waals surface area contributed by atoms with Crippen LogP contribution in [0.2, 0.25) is 0 Å². The lowest BCUT2D eigenvalue weighted by Crippen LogP contribution is -2.30. The molecule has 1 fully saturated rings. The number of carbonyl (C=O) groups excluding carboxylic acids is 1. The number of benzene rings is 1. The monoisotopic (exact) mass is 401 g/mol. The Hall–Kier alpha value is -2.58. The molecule has 1 aromatic heterocycles. The van der Waals surface area contributed by atoms with Crippen LogP contribution in [0.1, 0.15) is 52.4 Å². The number of carbonyl (C=O) groups is 1. The molecule has 2 aliphatic carbocycles. The van der Waals surface area contributed by atoms with Crippen LogP contribution >= 0.6 is 0 Å². The third-order valence-electron chi connectivity index (χ3n) is 5.14. The van der Waals surface area contributed by atoms with E-state index in [9.17, 15) is 17.6 Å². The summed E-state index contributed by atoms with van der Waals surface area (Å²) in [5.74, 6) is -0.780. The molecule has 2 aliphatic rings. The summed E-state index contributed by atoms with van der Waals surface area (Å²) in [6.45, 7) is 3.55. The van der Waals surface area contributed by atoms with Crippen molar-refractivity contribution in [3.05, 3.63) is 65.2 Å². The minimum absolute atomic E-state index is 0.295. The number of anilines is 1. The topological polar surface area (TPSA) is 88.2 Å². The third kappa shape index (κ3) is 3.57. The molecule has 1 saturated carbocycles. The van der Waals surface area contributed by atoms with Gasteiger partial charge in [-0.25, -0.2) is 17.5 Å². The highest BCUT2D eigenvalue weighted by molar-refractivity contribution is 7.90. The number of rotatable bonds is 6. The quantitative estimate of drug-likeness (QED) is 0.778. The highest BCUT2D eigenvalue weighted by atomic mass is 32.2. The molecular formula is C20H20FN3O3S. The number of fused-ring (bicyclic) bond motifs is 1. The van der Waals surface area contributed by atoms with Crippen molar-refractivity contribution in [2.24, 2.45) is 0 Å². The third-order valence-corrected chi connectivity index (χ3v) is 7.10. The number of sulfonamides is 1. The second-order valence-electron chi connectivity index (χ2n) is 7.10. The molecule has 0 bridgehead atoms. The van der Waals surface area contributed by atoms with Gasteiger partial charge in [-0.3, -0.25) is 9.78 Å². The van der Waals surface area contributed by atoms with Gasteiger partial charge in [-0.2, -0.15) is 0 Å². The molecule has 0 spiro atoms. The van der Waals surface area contributed by atoms with Crippen molar-refractivity contribution in [2.75, 3.05) is 5.32 Å². The maximum atomic E-state index is 13.6. The molecule has 2 aromatic rings. The lowest BCUT2D eigenvalue weighted by molar-refractivity contribution is 0.102. The maximum absolute atomic E-state index is 13.6. The van der Waals surface area contributed by atoms with Gasteiger partial charge in [0.1, 0.15) is 5.82 Å². The molecule has 146 valence electrons. The van der Waals surface area contributed by atoms with Gasteiger partial charge in [-0.15, -0.1) is 0 Å². The van der Waals surface area contributed by atoms with Crippen molar-refractivity contribution in [2.45, 2.75) is 37.0 Å². The Kier molecular flexibility index (Phi) is 4.76. The Morgan fingerprint density at radius 1 is 1.25 bits per heavy atom. The van der Waals surface area contributed by atoms with E-state index >= 15 is 0 Å². The van der Waals surface area contributed by atoms with Crippen LogP contribution in [-0.4, -0.2) is 24.6 Å².